The van der Waals surface area contributed by atoms with Crippen LogP contribution in [0.1, 0.15) is 23.7 Å². The third kappa shape index (κ3) is 3.93. The summed E-state index contributed by atoms with van der Waals surface area (Å²) in [5, 5.41) is 2.71. The number of halogens is 1. The number of esters is 1. The van der Waals surface area contributed by atoms with E-state index in [9.17, 15) is 14.4 Å². The van der Waals surface area contributed by atoms with Gasteiger partial charge in [-0.1, -0.05) is 0 Å². The normalized spacial score (nSPS) is 14.3. The molecule has 0 aromatic heterocycles. The Balaban J connectivity index is 2.16. The Labute approximate surface area is 136 Å². The molecule has 0 bridgehead atoms. The topological polar surface area (TPSA) is 75.7 Å². The van der Waals surface area contributed by atoms with Crippen LogP contribution in [0.4, 0.5) is 5.69 Å². The Morgan fingerprint density at radius 3 is 2.90 bits per heavy atom. The van der Waals surface area contributed by atoms with E-state index in [1.54, 1.807) is 25.1 Å². The molecule has 2 rings (SSSR count). The highest BCUT2D eigenvalue weighted by Crippen LogP contribution is 2.23. The summed E-state index contributed by atoms with van der Waals surface area (Å²) in [6, 6.07) is 5.24. The Morgan fingerprint density at radius 2 is 2.19 bits per heavy atom. The van der Waals surface area contributed by atoms with Crippen LogP contribution in [0.2, 0.25) is 0 Å². The first-order chi connectivity index (χ1) is 10.0. The van der Waals surface area contributed by atoms with Crippen LogP contribution >= 0.6 is 22.6 Å². The van der Waals surface area contributed by atoms with E-state index in [1.807, 2.05) is 0 Å². The second kappa shape index (κ2) is 6.88. The molecule has 21 heavy (non-hydrogen) atoms. The number of nitrogens with zero attached hydrogens (tertiary/aromatic N) is 1. The fraction of sp³-hybridized carbons (Fsp3) is 0.357. The van der Waals surface area contributed by atoms with Crippen LogP contribution in [0.25, 0.3) is 0 Å². The summed E-state index contributed by atoms with van der Waals surface area (Å²) in [4.78, 5) is 37.1. The lowest BCUT2D eigenvalue weighted by Crippen LogP contribution is -2.36. The molecule has 1 aromatic rings. The van der Waals surface area contributed by atoms with Crippen LogP contribution in [0.5, 0.6) is 0 Å². The maximum atomic E-state index is 12.4. The molecule has 1 aliphatic heterocycles. The number of carbonyl (C=O) groups is 3. The van der Waals surface area contributed by atoms with Gasteiger partial charge in [0.15, 0.2) is 0 Å². The van der Waals surface area contributed by atoms with Crippen molar-refractivity contribution < 1.29 is 19.1 Å². The number of anilines is 1. The maximum Gasteiger partial charge on any atom is 0.307 e. The van der Waals surface area contributed by atoms with Gasteiger partial charge in [-0.25, -0.2) is 0 Å². The van der Waals surface area contributed by atoms with Crippen molar-refractivity contribution in [2.75, 3.05) is 25.0 Å². The van der Waals surface area contributed by atoms with Crippen molar-refractivity contribution in [2.24, 2.45) is 0 Å². The summed E-state index contributed by atoms with van der Waals surface area (Å²) >= 11 is 2.12. The zero-order valence-corrected chi connectivity index (χ0v) is 13.7. The Kier molecular flexibility index (Phi) is 5.16. The van der Waals surface area contributed by atoms with Gasteiger partial charge < -0.3 is 15.0 Å². The Morgan fingerprint density at radius 1 is 1.43 bits per heavy atom. The van der Waals surface area contributed by atoms with E-state index in [2.05, 4.69) is 27.9 Å². The van der Waals surface area contributed by atoms with Crippen LogP contribution in [0.3, 0.4) is 0 Å². The summed E-state index contributed by atoms with van der Waals surface area (Å²) in [6.07, 6.45) is 0.0760. The second-order valence-corrected chi connectivity index (χ2v) is 5.77. The first-order valence-electron chi connectivity index (χ1n) is 6.55. The summed E-state index contributed by atoms with van der Waals surface area (Å²) in [5.41, 5.74) is 0.945. The fourth-order valence-electron chi connectivity index (χ4n) is 2.05. The van der Waals surface area contributed by atoms with Crippen molar-refractivity contribution in [1.82, 2.24) is 4.90 Å². The van der Waals surface area contributed by atoms with E-state index in [0.717, 1.165) is 3.57 Å². The predicted molar refractivity (Wildman–Crippen MR) is 84.9 cm³/mol. The molecule has 0 aliphatic carbocycles. The van der Waals surface area contributed by atoms with Gasteiger partial charge in [-0.15, -0.1) is 0 Å². The quantitative estimate of drug-likeness (QED) is 0.614. The SMILES string of the molecule is CCOC(=O)CCN1CC(=O)Nc2cc(I)ccc2C1=O. The van der Waals surface area contributed by atoms with Gasteiger partial charge in [0.2, 0.25) is 5.91 Å². The van der Waals surface area contributed by atoms with Crippen molar-refractivity contribution in [2.45, 2.75) is 13.3 Å². The molecule has 7 heteroatoms. The number of rotatable bonds is 4. The minimum Gasteiger partial charge on any atom is -0.466 e. The standard InChI is InChI=1S/C14H15IN2O4/c1-2-21-13(19)5-6-17-8-12(18)16-11-7-9(15)3-4-10(11)14(17)20/h3-4,7H,2,5-6,8H2,1H3,(H,16,18). The lowest BCUT2D eigenvalue weighted by molar-refractivity contribution is -0.143. The van der Waals surface area contributed by atoms with Gasteiger partial charge in [-0.3, -0.25) is 14.4 Å². The van der Waals surface area contributed by atoms with Gasteiger partial charge in [-0.05, 0) is 47.7 Å². The number of amides is 2. The largest absolute Gasteiger partial charge is 0.466 e. The number of benzene rings is 1. The molecule has 0 radical (unpaired) electrons. The lowest BCUT2D eigenvalue weighted by Gasteiger charge is -2.19. The van der Waals surface area contributed by atoms with Crippen molar-refractivity contribution >= 4 is 46.1 Å². The summed E-state index contributed by atoms with van der Waals surface area (Å²) in [5.74, 6) is -0.908. The number of nitrogens with one attached hydrogen (secondary N) is 1. The first kappa shape index (κ1) is 15.7. The highest BCUT2D eigenvalue weighted by molar-refractivity contribution is 14.1. The van der Waals surface area contributed by atoms with Crippen LogP contribution in [0.15, 0.2) is 18.2 Å². The minimum absolute atomic E-state index is 0.0660. The summed E-state index contributed by atoms with van der Waals surface area (Å²) in [6.45, 7) is 2.12. The molecule has 0 fully saturated rings. The van der Waals surface area contributed by atoms with Crippen molar-refractivity contribution in [3.05, 3.63) is 27.3 Å². The minimum atomic E-state index is -0.377. The molecule has 1 aromatic carbocycles. The molecule has 0 saturated carbocycles. The monoisotopic (exact) mass is 402 g/mol. The van der Waals surface area contributed by atoms with Crippen molar-refractivity contribution in [3.63, 3.8) is 0 Å². The number of ether oxygens (including phenoxy) is 1. The number of carbonyl (C=O) groups excluding carboxylic acids is 3. The molecule has 112 valence electrons. The molecule has 0 saturated heterocycles. The fourth-order valence-corrected chi connectivity index (χ4v) is 2.54. The average molecular weight is 402 g/mol. The van der Waals surface area contributed by atoms with Crippen molar-refractivity contribution in [3.8, 4) is 0 Å². The second-order valence-electron chi connectivity index (χ2n) is 4.52. The molecule has 0 spiro atoms. The van der Waals surface area contributed by atoms with Gasteiger partial charge in [0.1, 0.15) is 6.54 Å². The zero-order chi connectivity index (χ0) is 15.4. The van der Waals surface area contributed by atoms with E-state index in [4.69, 9.17) is 4.74 Å². The molecule has 1 heterocycles. The van der Waals surface area contributed by atoms with E-state index < -0.39 is 0 Å². The van der Waals surface area contributed by atoms with Gasteiger partial charge in [-0.2, -0.15) is 0 Å². The molecular formula is C14H15IN2O4. The highest BCUT2D eigenvalue weighted by Gasteiger charge is 2.26. The Bertz CT molecular complexity index is 588. The molecular weight excluding hydrogens is 387 g/mol. The van der Waals surface area contributed by atoms with Crippen LogP contribution < -0.4 is 5.32 Å². The van der Waals surface area contributed by atoms with Crippen LogP contribution in [0, 0.1) is 3.57 Å². The Hall–Kier alpha value is -1.64. The summed E-state index contributed by atoms with van der Waals surface area (Å²) in [7, 11) is 0. The first-order valence-corrected chi connectivity index (χ1v) is 7.63. The number of hydrogen-bond donors (Lipinski definition) is 1. The van der Waals surface area contributed by atoms with Crippen molar-refractivity contribution in [1.29, 1.82) is 0 Å². The zero-order valence-electron chi connectivity index (χ0n) is 11.5. The third-order valence-corrected chi connectivity index (χ3v) is 3.67. The maximum absolute atomic E-state index is 12.4. The molecule has 1 aliphatic rings. The summed E-state index contributed by atoms with van der Waals surface area (Å²) < 4.78 is 5.76. The molecule has 1 N–H and O–H groups in total. The molecule has 6 nitrogen and oxygen atoms in total. The number of hydrogen-bond acceptors (Lipinski definition) is 4. The van der Waals surface area contributed by atoms with Gasteiger partial charge in [0.25, 0.3) is 5.91 Å². The third-order valence-electron chi connectivity index (χ3n) is 3.00. The molecule has 0 unspecified atom stereocenters. The van der Waals surface area contributed by atoms with Gasteiger partial charge >= 0.3 is 5.97 Å². The highest BCUT2D eigenvalue weighted by atomic mass is 127. The molecule has 0 atom stereocenters. The van der Waals surface area contributed by atoms with E-state index >= 15 is 0 Å². The average Bonchev–Trinajstić information content (AvgIpc) is 2.53. The number of fused-ring (bicyclic) bond motifs is 1. The van der Waals surface area contributed by atoms with Crippen LogP contribution in [-0.4, -0.2) is 42.4 Å². The van der Waals surface area contributed by atoms with Gasteiger partial charge in [0.05, 0.1) is 24.3 Å². The molecule has 2 amide bonds. The predicted octanol–water partition coefficient (Wildman–Crippen LogP) is 1.64. The van der Waals surface area contributed by atoms with E-state index in [-0.39, 0.29) is 37.3 Å². The van der Waals surface area contributed by atoms with Gasteiger partial charge in [0, 0.05) is 10.1 Å². The smallest absolute Gasteiger partial charge is 0.307 e. The van der Waals surface area contributed by atoms with Crippen LogP contribution in [-0.2, 0) is 14.3 Å². The van der Waals surface area contributed by atoms with E-state index in [0.29, 0.717) is 17.9 Å². The lowest BCUT2D eigenvalue weighted by atomic mass is 10.1. The van der Waals surface area contributed by atoms with E-state index in [1.165, 1.54) is 4.90 Å².